The summed E-state index contributed by atoms with van der Waals surface area (Å²) in [6.45, 7) is 0.631. The number of nitrogens with zero attached hydrogens (tertiary/aromatic N) is 1. The second-order valence-corrected chi connectivity index (χ2v) is 6.94. The second kappa shape index (κ2) is 9.83. The zero-order valence-electron chi connectivity index (χ0n) is 17.8. The van der Waals surface area contributed by atoms with Crippen molar-refractivity contribution in [2.75, 3.05) is 34.9 Å². The maximum Gasteiger partial charge on any atom is 0.246 e. The highest BCUT2D eigenvalue weighted by molar-refractivity contribution is 5.92. The summed E-state index contributed by atoms with van der Waals surface area (Å²) in [4.78, 5) is 14.3. The minimum Gasteiger partial charge on any atom is -0.493 e. The molecule has 3 aromatic carbocycles. The van der Waals surface area contributed by atoms with Crippen molar-refractivity contribution in [2.45, 2.75) is 6.42 Å². The monoisotopic (exact) mass is 405 g/mol. The van der Waals surface area contributed by atoms with Gasteiger partial charge in [-0.3, -0.25) is 4.79 Å². The molecule has 30 heavy (non-hydrogen) atoms. The Morgan fingerprint density at radius 3 is 2.27 bits per heavy atom. The Labute approximate surface area is 177 Å². The van der Waals surface area contributed by atoms with Crippen LogP contribution in [-0.2, 0) is 11.2 Å². The summed E-state index contributed by atoms with van der Waals surface area (Å²) >= 11 is 0. The molecule has 5 nitrogen and oxygen atoms in total. The standard InChI is InChI=1S/C25H27NO4/c1-26(15-14-20-10-7-9-19-8-5-6-11-21(19)20)24(27)13-12-18-16-22(28-2)25(30-4)23(17-18)29-3/h5-13,16-17H,14-15H2,1-4H3/b13-12+. The summed E-state index contributed by atoms with van der Waals surface area (Å²) in [6.07, 6.45) is 4.10. The fourth-order valence-electron chi connectivity index (χ4n) is 3.40. The first-order chi connectivity index (χ1) is 14.6. The summed E-state index contributed by atoms with van der Waals surface area (Å²) in [5, 5.41) is 2.44. The van der Waals surface area contributed by atoms with Gasteiger partial charge in [0.2, 0.25) is 11.7 Å². The van der Waals surface area contributed by atoms with Gasteiger partial charge in [0.05, 0.1) is 21.3 Å². The number of benzene rings is 3. The smallest absolute Gasteiger partial charge is 0.246 e. The Hall–Kier alpha value is -3.47. The molecule has 3 rings (SSSR count). The van der Waals surface area contributed by atoms with Gasteiger partial charge in [-0.05, 0) is 46.5 Å². The quantitative estimate of drug-likeness (QED) is 0.515. The summed E-state index contributed by atoms with van der Waals surface area (Å²) < 4.78 is 16.1. The third kappa shape index (κ3) is 4.74. The third-order valence-electron chi connectivity index (χ3n) is 5.08. The molecule has 0 saturated heterocycles. The molecule has 156 valence electrons. The summed E-state index contributed by atoms with van der Waals surface area (Å²) in [7, 11) is 6.51. The van der Waals surface area contributed by atoms with E-state index in [0.717, 1.165) is 12.0 Å². The van der Waals surface area contributed by atoms with Crippen molar-refractivity contribution in [3.05, 3.63) is 71.8 Å². The van der Waals surface area contributed by atoms with E-state index in [2.05, 4.69) is 30.3 Å². The number of rotatable bonds is 8. The predicted molar refractivity (Wildman–Crippen MR) is 120 cm³/mol. The molecular formula is C25H27NO4. The first kappa shape index (κ1) is 21.2. The molecule has 0 heterocycles. The minimum atomic E-state index is -0.0658. The second-order valence-electron chi connectivity index (χ2n) is 6.94. The molecule has 0 N–H and O–H groups in total. The van der Waals surface area contributed by atoms with Crippen molar-refractivity contribution >= 4 is 22.8 Å². The Bertz CT molecular complexity index is 1030. The fourth-order valence-corrected chi connectivity index (χ4v) is 3.40. The Morgan fingerprint density at radius 2 is 1.60 bits per heavy atom. The van der Waals surface area contributed by atoms with Gasteiger partial charge in [0.25, 0.3) is 0 Å². The number of methoxy groups -OCH3 is 3. The van der Waals surface area contributed by atoms with E-state index in [9.17, 15) is 4.79 Å². The fraction of sp³-hybridized carbons (Fsp3) is 0.240. The van der Waals surface area contributed by atoms with Gasteiger partial charge in [-0.15, -0.1) is 0 Å². The molecule has 0 atom stereocenters. The highest BCUT2D eigenvalue weighted by atomic mass is 16.5. The van der Waals surface area contributed by atoms with E-state index in [-0.39, 0.29) is 5.91 Å². The third-order valence-corrected chi connectivity index (χ3v) is 5.08. The molecule has 3 aromatic rings. The van der Waals surface area contributed by atoms with Crippen LogP contribution in [0.4, 0.5) is 0 Å². The maximum absolute atomic E-state index is 12.6. The average molecular weight is 405 g/mol. The van der Waals surface area contributed by atoms with Crippen LogP contribution in [-0.4, -0.2) is 45.7 Å². The maximum atomic E-state index is 12.6. The van der Waals surface area contributed by atoms with Gasteiger partial charge in [0, 0.05) is 19.7 Å². The van der Waals surface area contributed by atoms with E-state index in [4.69, 9.17) is 14.2 Å². The van der Waals surface area contributed by atoms with Gasteiger partial charge in [-0.2, -0.15) is 0 Å². The van der Waals surface area contributed by atoms with E-state index >= 15 is 0 Å². The number of carbonyl (C=O) groups is 1. The lowest BCUT2D eigenvalue weighted by Gasteiger charge is -2.16. The zero-order chi connectivity index (χ0) is 21.5. The highest BCUT2D eigenvalue weighted by Crippen LogP contribution is 2.38. The molecule has 0 bridgehead atoms. The van der Waals surface area contributed by atoms with Crippen LogP contribution in [0.1, 0.15) is 11.1 Å². The molecule has 0 aliphatic rings. The first-order valence-corrected chi connectivity index (χ1v) is 9.77. The molecule has 0 saturated carbocycles. The van der Waals surface area contributed by atoms with E-state index in [0.29, 0.717) is 23.8 Å². The minimum absolute atomic E-state index is 0.0658. The summed E-state index contributed by atoms with van der Waals surface area (Å²) in [6, 6.07) is 18.2. The van der Waals surface area contributed by atoms with Crippen molar-refractivity contribution in [2.24, 2.45) is 0 Å². The topological polar surface area (TPSA) is 48.0 Å². The molecule has 5 heteroatoms. The van der Waals surface area contributed by atoms with Crippen molar-refractivity contribution in [1.82, 2.24) is 4.90 Å². The number of hydrogen-bond acceptors (Lipinski definition) is 4. The van der Waals surface area contributed by atoms with Crippen LogP contribution in [0.5, 0.6) is 17.2 Å². The van der Waals surface area contributed by atoms with Crippen LogP contribution in [0.3, 0.4) is 0 Å². The van der Waals surface area contributed by atoms with Crippen LogP contribution >= 0.6 is 0 Å². The lowest BCUT2D eigenvalue weighted by molar-refractivity contribution is -0.124. The van der Waals surface area contributed by atoms with Crippen molar-refractivity contribution in [3.8, 4) is 17.2 Å². The lowest BCUT2D eigenvalue weighted by Crippen LogP contribution is -2.27. The Balaban J connectivity index is 1.69. The van der Waals surface area contributed by atoms with Crippen molar-refractivity contribution < 1.29 is 19.0 Å². The number of carbonyl (C=O) groups excluding carboxylic acids is 1. The number of ether oxygens (including phenoxy) is 3. The van der Waals surface area contributed by atoms with Crippen LogP contribution in [0.15, 0.2) is 60.7 Å². The number of fused-ring (bicyclic) bond motifs is 1. The zero-order valence-corrected chi connectivity index (χ0v) is 17.8. The van der Waals surface area contributed by atoms with Gasteiger partial charge in [-0.1, -0.05) is 42.5 Å². The molecular weight excluding hydrogens is 378 g/mol. The molecule has 0 aliphatic carbocycles. The Kier molecular flexibility index (Phi) is 6.96. The van der Waals surface area contributed by atoms with E-state index in [1.807, 2.05) is 19.2 Å². The van der Waals surface area contributed by atoms with Crippen LogP contribution in [0, 0.1) is 0 Å². The van der Waals surface area contributed by atoms with Crippen LogP contribution < -0.4 is 14.2 Å². The van der Waals surface area contributed by atoms with Crippen LogP contribution in [0.25, 0.3) is 16.8 Å². The summed E-state index contributed by atoms with van der Waals surface area (Å²) in [5.74, 6) is 1.56. The van der Waals surface area contributed by atoms with E-state index in [1.54, 1.807) is 50.5 Å². The van der Waals surface area contributed by atoms with Crippen molar-refractivity contribution in [1.29, 1.82) is 0 Å². The molecule has 0 radical (unpaired) electrons. The number of likely N-dealkylation sites (N-methyl/N-ethyl adjacent to an activating group) is 1. The Morgan fingerprint density at radius 1 is 0.933 bits per heavy atom. The molecule has 0 aliphatic heterocycles. The van der Waals surface area contributed by atoms with Gasteiger partial charge >= 0.3 is 0 Å². The van der Waals surface area contributed by atoms with Gasteiger partial charge in [-0.25, -0.2) is 0 Å². The van der Waals surface area contributed by atoms with Gasteiger partial charge in [0.1, 0.15) is 0 Å². The molecule has 0 spiro atoms. The largest absolute Gasteiger partial charge is 0.493 e. The average Bonchev–Trinajstić information content (AvgIpc) is 2.79. The molecule has 0 unspecified atom stereocenters. The van der Waals surface area contributed by atoms with Crippen molar-refractivity contribution in [3.63, 3.8) is 0 Å². The summed E-state index contributed by atoms with van der Waals surface area (Å²) in [5.41, 5.74) is 2.03. The number of amides is 1. The number of hydrogen-bond donors (Lipinski definition) is 0. The normalized spacial score (nSPS) is 10.9. The molecule has 0 aromatic heterocycles. The van der Waals surface area contributed by atoms with E-state index < -0.39 is 0 Å². The SMILES string of the molecule is COc1cc(/C=C/C(=O)N(C)CCc2cccc3ccccc23)cc(OC)c1OC. The molecule has 0 fully saturated rings. The first-order valence-electron chi connectivity index (χ1n) is 9.77. The van der Waals surface area contributed by atoms with Gasteiger partial charge in [0.15, 0.2) is 11.5 Å². The molecule has 1 amide bonds. The lowest BCUT2D eigenvalue weighted by atomic mass is 10.0. The predicted octanol–water partition coefficient (Wildman–Crippen LogP) is 4.58. The van der Waals surface area contributed by atoms with Gasteiger partial charge < -0.3 is 19.1 Å². The van der Waals surface area contributed by atoms with Crippen LogP contribution in [0.2, 0.25) is 0 Å². The van der Waals surface area contributed by atoms with E-state index in [1.165, 1.54) is 16.3 Å². The highest BCUT2D eigenvalue weighted by Gasteiger charge is 2.13.